The van der Waals surface area contributed by atoms with Crippen LogP contribution < -0.4 is 10.1 Å². The summed E-state index contributed by atoms with van der Waals surface area (Å²) in [6, 6.07) is 9.83. The number of pyridine rings is 1. The summed E-state index contributed by atoms with van der Waals surface area (Å²) in [7, 11) is 1.44. The number of nitrogens with one attached hydrogen (secondary N) is 1. The van der Waals surface area contributed by atoms with Gasteiger partial charge >= 0.3 is 0 Å². The first-order valence-electron chi connectivity index (χ1n) is 5.65. The molecule has 1 amide bonds. The highest BCUT2D eigenvalue weighted by Gasteiger charge is 2.14. The van der Waals surface area contributed by atoms with Crippen LogP contribution in [-0.2, 0) is 0 Å². The van der Waals surface area contributed by atoms with Crippen molar-refractivity contribution in [3.05, 3.63) is 52.7 Å². The normalized spacial score (nSPS) is 9.65. The number of carbonyl (C=O) groups excluding carboxylic acids is 1. The molecular weight excluding hydrogens is 278 g/mol. The maximum absolute atomic E-state index is 12.1. The number of hydrogen-bond donors (Lipinski definition) is 1. The highest BCUT2D eigenvalue weighted by atomic mass is 35.5. The van der Waals surface area contributed by atoms with Crippen LogP contribution in [0.1, 0.15) is 15.9 Å². The molecule has 0 aliphatic carbocycles. The lowest BCUT2D eigenvalue weighted by Gasteiger charge is -2.09. The number of nitrogens with zero attached hydrogens (tertiary/aromatic N) is 2. The van der Waals surface area contributed by atoms with Gasteiger partial charge in [-0.2, -0.15) is 5.26 Å². The van der Waals surface area contributed by atoms with Crippen molar-refractivity contribution >= 4 is 23.2 Å². The van der Waals surface area contributed by atoms with Crippen molar-refractivity contribution < 1.29 is 9.53 Å². The van der Waals surface area contributed by atoms with Gasteiger partial charge in [0.25, 0.3) is 5.91 Å². The Balaban J connectivity index is 2.26. The van der Waals surface area contributed by atoms with Crippen LogP contribution in [0.2, 0.25) is 5.02 Å². The fourth-order valence-corrected chi connectivity index (χ4v) is 1.83. The molecule has 1 heterocycles. The molecule has 1 N–H and O–H groups in total. The Bertz CT molecular complexity index is 695. The third-order valence-electron chi connectivity index (χ3n) is 2.56. The summed E-state index contributed by atoms with van der Waals surface area (Å²) < 4.78 is 5.02. The molecule has 0 fully saturated rings. The van der Waals surface area contributed by atoms with E-state index in [0.29, 0.717) is 21.8 Å². The van der Waals surface area contributed by atoms with Gasteiger partial charge in [0.15, 0.2) is 0 Å². The van der Waals surface area contributed by atoms with Gasteiger partial charge in [-0.15, -0.1) is 0 Å². The van der Waals surface area contributed by atoms with Gasteiger partial charge in [-0.1, -0.05) is 11.6 Å². The molecule has 20 heavy (non-hydrogen) atoms. The molecule has 5 nitrogen and oxygen atoms in total. The van der Waals surface area contributed by atoms with Gasteiger partial charge in [-0.25, -0.2) is 4.98 Å². The molecule has 1 aromatic heterocycles. The van der Waals surface area contributed by atoms with Crippen molar-refractivity contribution in [2.45, 2.75) is 0 Å². The molecule has 0 bridgehead atoms. The summed E-state index contributed by atoms with van der Waals surface area (Å²) in [6.45, 7) is 0. The Hall–Kier alpha value is -2.58. The molecule has 0 saturated carbocycles. The summed E-state index contributed by atoms with van der Waals surface area (Å²) >= 11 is 6.00. The van der Waals surface area contributed by atoms with Crippen molar-refractivity contribution in [2.75, 3.05) is 12.4 Å². The molecule has 2 rings (SSSR count). The summed E-state index contributed by atoms with van der Waals surface area (Å²) in [4.78, 5) is 16.1. The molecule has 1 aromatic carbocycles. The van der Waals surface area contributed by atoms with Gasteiger partial charge in [-0.05, 0) is 30.3 Å². The number of anilines is 1. The molecular formula is C14H10ClN3O2. The number of halogens is 1. The smallest absolute Gasteiger partial charge is 0.261 e. The van der Waals surface area contributed by atoms with Gasteiger partial charge in [-0.3, -0.25) is 4.79 Å². The Labute approximate surface area is 120 Å². The Morgan fingerprint density at radius 2 is 2.25 bits per heavy atom. The number of aromatic nitrogens is 1. The second kappa shape index (κ2) is 6.04. The Kier molecular flexibility index (Phi) is 4.18. The first-order chi connectivity index (χ1) is 9.65. The van der Waals surface area contributed by atoms with E-state index in [9.17, 15) is 4.79 Å². The number of benzene rings is 1. The molecule has 100 valence electrons. The SMILES string of the molecule is COc1ncccc1C(=O)Nc1ccc(C#N)cc1Cl. The summed E-state index contributed by atoms with van der Waals surface area (Å²) in [5.41, 5.74) is 1.14. The van der Waals surface area contributed by atoms with E-state index in [-0.39, 0.29) is 11.8 Å². The van der Waals surface area contributed by atoms with Crippen molar-refractivity contribution in [2.24, 2.45) is 0 Å². The minimum atomic E-state index is -0.387. The van der Waals surface area contributed by atoms with E-state index in [2.05, 4.69) is 10.3 Å². The highest BCUT2D eigenvalue weighted by molar-refractivity contribution is 6.34. The van der Waals surface area contributed by atoms with Crippen molar-refractivity contribution in [3.63, 3.8) is 0 Å². The molecule has 0 radical (unpaired) electrons. The van der Waals surface area contributed by atoms with Crippen LogP contribution in [0.4, 0.5) is 5.69 Å². The van der Waals surface area contributed by atoms with E-state index in [4.69, 9.17) is 21.6 Å². The van der Waals surface area contributed by atoms with Crippen molar-refractivity contribution in [1.82, 2.24) is 4.98 Å². The number of hydrogen-bond acceptors (Lipinski definition) is 4. The summed E-state index contributed by atoms with van der Waals surface area (Å²) in [6.07, 6.45) is 1.53. The number of methoxy groups -OCH3 is 1. The zero-order chi connectivity index (χ0) is 14.5. The first-order valence-corrected chi connectivity index (χ1v) is 6.03. The fourth-order valence-electron chi connectivity index (χ4n) is 1.60. The number of nitriles is 1. The topological polar surface area (TPSA) is 75.0 Å². The van der Waals surface area contributed by atoms with Crippen LogP contribution in [0.15, 0.2) is 36.5 Å². The standard InChI is InChI=1S/C14H10ClN3O2/c1-20-14-10(3-2-6-17-14)13(19)18-12-5-4-9(8-16)7-11(12)15/h2-7H,1H3,(H,18,19). The molecule has 6 heteroatoms. The fraction of sp³-hybridized carbons (Fsp3) is 0.0714. The lowest BCUT2D eigenvalue weighted by atomic mass is 10.2. The van der Waals surface area contributed by atoms with E-state index in [1.807, 2.05) is 6.07 Å². The van der Waals surface area contributed by atoms with E-state index in [1.54, 1.807) is 24.3 Å². The van der Waals surface area contributed by atoms with Crippen molar-refractivity contribution in [3.8, 4) is 11.9 Å². The van der Waals surface area contributed by atoms with Crippen LogP contribution >= 0.6 is 11.6 Å². The van der Waals surface area contributed by atoms with Crippen LogP contribution in [-0.4, -0.2) is 18.0 Å². The van der Waals surface area contributed by atoms with E-state index in [0.717, 1.165) is 0 Å². The third kappa shape index (κ3) is 2.87. The maximum Gasteiger partial charge on any atom is 0.261 e. The zero-order valence-corrected chi connectivity index (χ0v) is 11.3. The molecule has 2 aromatic rings. The summed E-state index contributed by atoms with van der Waals surface area (Å²) in [5.74, 6) is -0.156. The monoisotopic (exact) mass is 287 g/mol. The van der Waals surface area contributed by atoms with Crippen LogP contribution in [0.3, 0.4) is 0 Å². The van der Waals surface area contributed by atoms with Crippen LogP contribution in [0.5, 0.6) is 5.88 Å². The first kappa shape index (κ1) is 13.8. The molecule has 0 spiro atoms. The van der Waals surface area contributed by atoms with Crippen LogP contribution in [0, 0.1) is 11.3 Å². The van der Waals surface area contributed by atoms with E-state index < -0.39 is 0 Å². The largest absolute Gasteiger partial charge is 0.480 e. The molecule has 0 saturated heterocycles. The molecule has 0 aliphatic rings. The zero-order valence-electron chi connectivity index (χ0n) is 10.6. The third-order valence-corrected chi connectivity index (χ3v) is 2.87. The van der Waals surface area contributed by atoms with Gasteiger partial charge in [0.2, 0.25) is 5.88 Å². The second-order valence-corrected chi connectivity index (χ2v) is 4.23. The number of rotatable bonds is 3. The second-order valence-electron chi connectivity index (χ2n) is 3.82. The van der Waals surface area contributed by atoms with Gasteiger partial charge in [0.05, 0.1) is 29.5 Å². The minimum Gasteiger partial charge on any atom is -0.480 e. The number of amides is 1. The van der Waals surface area contributed by atoms with Gasteiger partial charge < -0.3 is 10.1 Å². The van der Waals surface area contributed by atoms with E-state index >= 15 is 0 Å². The highest BCUT2D eigenvalue weighted by Crippen LogP contribution is 2.24. The Morgan fingerprint density at radius 1 is 1.45 bits per heavy atom. The van der Waals surface area contributed by atoms with Crippen molar-refractivity contribution in [1.29, 1.82) is 5.26 Å². The maximum atomic E-state index is 12.1. The molecule has 0 aliphatic heterocycles. The van der Waals surface area contributed by atoms with Crippen LogP contribution in [0.25, 0.3) is 0 Å². The Morgan fingerprint density at radius 3 is 2.90 bits per heavy atom. The minimum absolute atomic E-state index is 0.231. The average Bonchev–Trinajstić information content (AvgIpc) is 2.49. The molecule has 0 atom stereocenters. The summed E-state index contributed by atoms with van der Waals surface area (Å²) in [5, 5.41) is 11.7. The van der Waals surface area contributed by atoms with Gasteiger partial charge in [0.1, 0.15) is 5.56 Å². The predicted molar refractivity (Wildman–Crippen MR) is 74.9 cm³/mol. The lowest BCUT2D eigenvalue weighted by Crippen LogP contribution is -2.14. The molecule has 0 unspecified atom stereocenters. The number of ether oxygens (including phenoxy) is 1. The lowest BCUT2D eigenvalue weighted by molar-refractivity contribution is 0.102. The number of carbonyl (C=O) groups is 1. The predicted octanol–water partition coefficient (Wildman–Crippen LogP) is 2.87. The van der Waals surface area contributed by atoms with Gasteiger partial charge in [0, 0.05) is 6.20 Å². The average molecular weight is 288 g/mol. The quantitative estimate of drug-likeness (QED) is 0.942. The van der Waals surface area contributed by atoms with E-state index in [1.165, 1.54) is 19.4 Å².